The second-order valence-corrected chi connectivity index (χ2v) is 13.2. The zero-order valence-corrected chi connectivity index (χ0v) is 24.5. The van der Waals surface area contributed by atoms with E-state index in [1.54, 1.807) is 24.3 Å². The van der Waals surface area contributed by atoms with E-state index in [9.17, 15) is 26.4 Å². The summed E-state index contributed by atoms with van der Waals surface area (Å²) in [7, 11) is -3.58. The van der Waals surface area contributed by atoms with E-state index < -0.39 is 27.2 Å². The summed E-state index contributed by atoms with van der Waals surface area (Å²) in [6.45, 7) is 0. The molecule has 1 heterocycles. The number of carbonyl (C=O) groups is 1. The SMILES string of the molecule is O=C(Cc1ccc(S(=O)(=O)NC2CC2)cc1)Nc1cc(Cl)c(C2(c3noc(-c4ccc(C(F)(F)F)cc4)n3)CC2)c(Cl)c1. The third kappa shape index (κ3) is 6.28. The Morgan fingerprint density at radius 1 is 1.00 bits per heavy atom. The van der Waals surface area contributed by atoms with Crippen LogP contribution in [-0.4, -0.2) is 30.5 Å². The van der Waals surface area contributed by atoms with Gasteiger partial charge >= 0.3 is 6.18 Å². The van der Waals surface area contributed by atoms with Crippen LogP contribution in [0.15, 0.2) is 70.1 Å². The fourth-order valence-corrected chi connectivity index (χ4v) is 6.97. The Morgan fingerprint density at radius 2 is 1.63 bits per heavy atom. The Hall–Kier alpha value is -3.45. The molecule has 4 aromatic rings. The first-order valence-electron chi connectivity index (χ1n) is 13.3. The van der Waals surface area contributed by atoms with Crippen LogP contribution in [-0.2, 0) is 32.8 Å². The minimum Gasteiger partial charge on any atom is -0.334 e. The van der Waals surface area contributed by atoms with Crippen molar-refractivity contribution >= 4 is 44.8 Å². The van der Waals surface area contributed by atoms with E-state index in [0.717, 1.165) is 25.0 Å². The summed E-state index contributed by atoms with van der Waals surface area (Å²) in [5.74, 6) is 0.0174. The molecule has 2 N–H and O–H groups in total. The van der Waals surface area contributed by atoms with Gasteiger partial charge in [-0.1, -0.05) is 40.5 Å². The van der Waals surface area contributed by atoms with Crippen molar-refractivity contribution in [3.63, 3.8) is 0 Å². The van der Waals surface area contributed by atoms with E-state index in [-0.39, 0.29) is 39.2 Å². The highest BCUT2D eigenvalue weighted by atomic mass is 35.5. The van der Waals surface area contributed by atoms with Crippen molar-refractivity contribution in [2.75, 3.05) is 5.32 Å². The maximum absolute atomic E-state index is 12.9. The normalized spacial score (nSPS) is 16.2. The molecule has 43 heavy (non-hydrogen) atoms. The quantitative estimate of drug-likeness (QED) is 0.207. The maximum atomic E-state index is 12.9. The molecule has 0 radical (unpaired) electrons. The van der Waals surface area contributed by atoms with Crippen molar-refractivity contribution < 1.29 is 30.9 Å². The summed E-state index contributed by atoms with van der Waals surface area (Å²) in [4.78, 5) is 17.3. The summed E-state index contributed by atoms with van der Waals surface area (Å²) in [6, 6.07) is 13.6. The van der Waals surface area contributed by atoms with Gasteiger partial charge in [0, 0.05) is 32.9 Å². The predicted octanol–water partition coefficient (Wildman–Crippen LogP) is 6.76. The molecule has 2 fully saturated rings. The Morgan fingerprint density at radius 3 is 2.19 bits per heavy atom. The van der Waals surface area contributed by atoms with E-state index >= 15 is 0 Å². The first kappa shape index (κ1) is 29.6. The van der Waals surface area contributed by atoms with Crippen LogP contribution in [0.1, 0.15) is 48.2 Å². The molecule has 2 saturated carbocycles. The van der Waals surface area contributed by atoms with Crippen molar-refractivity contribution in [2.45, 2.75) is 54.6 Å². The van der Waals surface area contributed by atoms with E-state index in [4.69, 9.17) is 27.7 Å². The van der Waals surface area contributed by atoms with Gasteiger partial charge < -0.3 is 9.84 Å². The molecule has 2 aliphatic carbocycles. The molecule has 2 aliphatic rings. The number of aromatic nitrogens is 2. The molecule has 0 bridgehead atoms. The van der Waals surface area contributed by atoms with Crippen LogP contribution < -0.4 is 10.0 Å². The molecule has 0 aliphatic heterocycles. The third-order valence-corrected chi connectivity index (χ3v) is 9.50. The van der Waals surface area contributed by atoms with Crippen LogP contribution in [0.25, 0.3) is 11.5 Å². The van der Waals surface area contributed by atoms with Crippen LogP contribution >= 0.6 is 23.2 Å². The highest BCUT2D eigenvalue weighted by molar-refractivity contribution is 7.89. The molecule has 224 valence electrons. The second-order valence-electron chi connectivity index (χ2n) is 10.7. The monoisotopic (exact) mass is 650 g/mol. The minimum absolute atomic E-state index is 0.00678. The summed E-state index contributed by atoms with van der Waals surface area (Å²) >= 11 is 13.3. The lowest BCUT2D eigenvalue weighted by molar-refractivity contribution is -0.137. The van der Waals surface area contributed by atoms with Crippen LogP contribution in [0.5, 0.6) is 0 Å². The summed E-state index contributed by atoms with van der Waals surface area (Å²) in [5.41, 5.74) is 0.362. The van der Waals surface area contributed by atoms with Gasteiger partial charge in [-0.05, 0) is 79.8 Å². The Bertz CT molecular complexity index is 1780. The van der Waals surface area contributed by atoms with E-state index in [2.05, 4.69) is 20.2 Å². The molecule has 8 nitrogen and oxygen atoms in total. The lowest BCUT2D eigenvalue weighted by atomic mass is 9.94. The standard InChI is InChI=1S/C29H23Cl2F3N4O4S/c30-22-14-20(35-24(39)13-16-1-9-21(10-2-16)43(40,41)38-19-7-8-19)15-23(31)25(22)28(11-12-28)27-36-26(42-37-27)17-3-5-18(6-4-17)29(32,33)34/h1-6,9-10,14-15,19,38H,7-8,11-13H2,(H,35,39). The number of rotatable bonds is 9. The molecule has 1 aromatic heterocycles. The topological polar surface area (TPSA) is 114 Å². The fourth-order valence-electron chi connectivity index (χ4n) is 4.82. The predicted molar refractivity (Wildman–Crippen MR) is 153 cm³/mol. The van der Waals surface area contributed by atoms with Crippen molar-refractivity contribution in [3.8, 4) is 11.5 Å². The van der Waals surface area contributed by atoms with Crippen LogP contribution in [0.3, 0.4) is 0 Å². The Balaban J connectivity index is 1.14. The number of nitrogens with one attached hydrogen (secondary N) is 2. The van der Waals surface area contributed by atoms with Gasteiger partial charge in [0.15, 0.2) is 5.82 Å². The number of hydrogen-bond donors (Lipinski definition) is 2. The first-order valence-corrected chi connectivity index (χ1v) is 15.5. The van der Waals surface area contributed by atoms with Gasteiger partial charge in [0.25, 0.3) is 5.89 Å². The lowest BCUT2D eigenvalue weighted by Crippen LogP contribution is -2.25. The maximum Gasteiger partial charge on any atom is 0.416 e. The third-order valence-electron chi connectivity index (χ3n) is 7.37. The molecular weight excluding hydrogens is 628 g/mol. The first-order chi connectivity index (χ1) is 20.3. The number of halogens is 5. The molecule has 6 rings (SSSR count). The molecule has 0 saturated heterocycles. The number of benzene rings is 3. The molecule has 0 spiro atoms. The largest absolute Gasteiger partial charge is 0.416 e. The highest BCUT2D eigenvalue weighted by Gasteiger charge is 2.52. The summed E-state index contributed by atoms with van der Waals surface area (Å²) < 4.78 is 71.4. The lowest BCUT2D eigenvalue weighted by Gasteiger charge is -2.17. The summed E-state index contributed by atoms with van der Waals surface area (Å²) in [5, 5.41) is 7.39. The number of alkyl halides is 3. The van der Waals surface area contributed by atoms with Crippen molar-refractivity contribution in [3.05, 3.63) is 93.2 Å². The zero-order chi connectivity index (χ0) is 30.6. The number of nitrogens with zero attached hydrogens (tertiary/aromatic N) is 2. The number of carbonyl (C=O) groups excluding carboxylic acids is 1. The second kappa shape index (κ2) is 10.9. The van der Waals surface area contributed by atoms with Gasteiger partial charge in [0.05, 0.1) is 22.3 Å². The van der Waals surface area contributed by atoms with Crippen molar-refractivity contribution in [1.82, 2.24) is 14.9 Å². The minimum atomic E-state index is -4.46. The van der Waals surface area contributed by atoms with E-state index in [1.165, 1.54) is 24.3 Å². The fraction of sp³-hybridized carbons (Fsp3) is 0.276. The van der Waals surface area contributed by atoms with Crippen LogP contribution in [0.4, 0.5) is 18.9 Å². The van der Waals surface area contributed by atoms with Gasteiger partial charge in [-0.25, -0.2) is 13.1 Å². The molecule has 3 aromatic carbocycles. The zero-order valence-electron chi connectivity index (χ0n) is 22.2. The van der Waals surface area contributed by atoms with E-state index in [0.29, 0.717) is 41.0 Å². The van der Waals surface area contributed by atoms with Gasteiger partial charge in [-0.2, -0.15) is 18.2 Å². The van der Waals surface area contributed by atoms with Crippen LogP contribution in [0, 0.1) is 0 Å². The smallest absolute Gasteiger partial charge is 0.334 e. The van der Waals surface area contributed by atoms with Gasteiger partial charge in [0.2, 0.25) is 15.9 Å². The van der Waals surface area contributed by atoms with Crippen molar-refractivity contribution in [2.24, 2.45) is 0 Å². The van der Waals surface area contributed by atoms with Gasteiger partial charge in [-0.15, -0.1) is 0 Å². The van der Waals surface area contributed by atoms with Crippen LogP contribution in [0.2, 0.25) is 10.0 Å². The Labute approximate surface area is 254 Å². The molecule has 0 atom stereocenters. The number of sulfonamides is 1. The average molecular weight is 651 g/mol. The molecular formula is C29H23Cl2F3N4O4S. The highest BCUT2D eigenvalue weighted by Crippen LogP contribution is 2.57. The number of anilines is 1. The van der Waals surface area contributed by atoms with Gasteiger partial charge in [-0.3, -0.25) is 4.79 Å². The molecule has 1 amide bonds. The average Bonchev–Trinajstić information content (AvgIpc) is 3.86. The van der Waals surface area contributed by atoms with E-state index in [1.807, 2.05) is 0 Å². The number of amides is 1. The van der Waals surface area contributed by atoms with Gasteiger partial charge in [0.1, 0.15) is 0 Å². The molecule has 0 unspecified atom stereocenters. The van der Waals surface area contributed by atoms with Crippen molar-refractivity contribution in [1.29, 1.82) is 0 Å². The Kier molecular flexibility index (Phi) is 7.52. The molecule has 14 heteroatoms. The summed E-state index contributed by atoms with van der Waals surface area (Å²) in [6.07, 6.45) is -1.57. The number of hydrogen-bond acceptors (Lipinski definition) is 6.